The van der Waals surface area contributed by atoms with Gasteiger partial charge in [0.2, 0.25) is 5.91 Å². The van der Waals surface area contributed by atoms with Gasteiger partial charge in [-0.3, -0.25) is 9.69 Å². The Labute approximate surface area is 185 Å². The van der Waals surface area contributed by atoms with E-state index in [1.165, 1.54) is 0 Å². The molecule has 0 radical (unpaired) electrons. The first-order valence-corrected chi connectivity index (χ1v) is 12.4. The fourth-order valence-corrected chi connectivity index (χ4v) is 6.96. The Morgan fingerprint density at radius 3 is 2.74 bits per heavy atom. The zero-order valence-corrected chi connectivity index (χ0v) is 18.9. The third-order valence-electron chi connectivity index (χ3n) is 8.73. The summed E-state index contributed by atoms with van der Waals surface area (Å²) in [6, 6.07) is 1.01. The zero-order valence-electron chi connectivity index (χ0n) is 18.9. The molecule has 3 amide bonds. The quantitative estimate of drug-likeness (QED) is 0.706. The summed E-state index contributed by atoms with van der Waals surface area (Å²) in [5.74, 6) is 0.489. The number of alkyl halides is 1. The van der Waals surface area contributed by atoms with Crippen LogP contribution in [0.25, 0.3) is 0 Å². The average Bonchev–Trinajstić information content (AvgIpc) is 3.34. The number of amides is 3. The van der Waals surface area contributed by atoms with Crippen LogP contribution in [-0.2, 0) is 4.79 Å². The summed E-state index contributed by atoms with van der Waals surface area (Å²) in [7, 11) is 1.89. The molecule has 7 nitrogen and oxygen atoms in total. The minimum atomic E-state index is -0.772. The van der Waals surface area contributed by atoms with E-state index in [2.05, 4.69) is 22.5 Å². The molecule has 3 saturated heterocycles. The second-order valence-electron chi connectivity index (χ2n) is 10.7. The van der Waals surface area contributed by atoms with Gasteiger partial charge in [-0.1, -0.05) is 6.92 Å². The molecule has 2 saturated carbocycles. The number of urea groups is 1. The molecule has 0 aromatic carbocycles. The molecule has 5 rings (SSSR count). The maximum Gasteiger partial charge on any atom is 0.320 e. The highest BCUT2D eigenvalue weighted by Crippen LogP contribution is 2.38. The van der Waals surface area contributed by atoms with Crippen molar-refractivity contribution in [1.29, 1.82) is 0 Å². The van der Waals surface area contributed by atoms with Gasteiger partial charge in [0.15, 0.2) is 0 Å². The van der Waals surface area contributed by atoms with Gasteiger partial charge in [0, 0.05) is 57.3 Å². The second-order valence-corrected chi connectivity index (χ2v) is 10.7. The molecular formula is C23H38FN5O2. The van der Waals surface area contributed by atoms with Crippen molar-refractivity contribution < 1.29 is 14.0 Å². The largest absolute Gasteiger partial charge is 0.352 e. The number of rotatable bonds is 3. The predicted molar refractivity (Wildman–Crippen MR) is 116 cm³/mol. The Bertz CT molecular complexity index is 689. The maximum absolute atomic E-state index is 14.4. The number of carbonyl (C=O) groups excluding carboxylic acids is 2. The van der Waals surface area contributed by atoms with Gasteiger partial charge in [0.05, 0.1) is 12.1 Å². The molecule has 2 N–H and O–H groups in total. The highest BCUT2D eigenvalue weighted by atomic mass is 19.1. The van der Waals surface area contributed by atoms with Crippen LogP contribution in [0.15, 0.2) is 0 Å². The summed E-state index contributed by atoms with van der Waals surface area (Å²) in [6.45, 7) is 5.65. The molecule has 2 aliphatic carbocycles. The number of piperazine rings is 1. The van der Waals surface area contributed by atoms with Crippen LogP contribution in [0.1, 0.15) is 51.9 Å². The number of carbonyl (C=O) groups is 2. The Kier molecular flexibility index (Phi) is 5.88. The zero-order chi connectivity index (χ0) is 21.7. The first kappa shape index (κ1) is 21.4. The summed E-state index contributed by atoms with van der Waals surface area (Å²) in [5, 5.41) is 6.77. The Morgan fingerprint density at radius 1 is 1.10 bits per heavy atom. The number of nitrogens with one attached hydrogen (secondary N) is 2. The SMILES string of the molecule is CC1CCC(F)C2CC(C(=O)N[C@@H]3CCC[C@H](N4CCN5C(=O)N(C)C[C@@H]5C4)C3)NC12. The lowest BCUT2D eigenvalue weighted by atomic mass is 9.77. The van der Waals surface area contributed by atoms with E-state index < -0.39 is 6.17 Å². The number of halogens is 1. The molecule has 8 atom stereocenters. The lowest BCUT2D eigenvalue weighted by molar-refractivity contribution is -0.124. The van der Waals surface area contributed by atoms with Gasteiger partial charge < -0.3 is 20.4 Å². The van der Waals surface area contributed by atoms with E-state index in [-0.39, 0.29) is 36.0 Å². The molecule has 0 bridgehead atoms. The van der Waals surface area contributed by atoms with Crippen LogP contribution in [0, 0.1) is 11.8 Å². The maximum atomic E-state index is 14.4. The monoisotopic (exact) mass is 435 g/mol. The van der Waals surface area contributed by atoms with Gasteiger partial charge in [-0.05, 0) is 50.9 Å². The first-order valence-electron chi connectivity index (χ1n) is 12.4. The van der Waals surface area contributed by atoms with Crippen LogP contribution in [0.3, 0.4) is 0 Å². The molecular weight excluding hydrogens is 397 g/mol. The summed E-state index contributed by atoms with van der Waals surface area (Å²) in [4.78, 5) is 31.6. The molecule has 0 spiro atoms. The number of hydrogen-bond acceptors (Lipinski definition) is 4. The molecule has 8 heteroatoms. The highest BCUT2D eigenvalue weighted by molar-refractivity contribution is 5.82. The van der Waals surface area contributed by atoms with Gasteiger partial charge in [-0.2, -0.15) is 0 Å². The van der Waals surface area contributed by atoms with Crippen molar-refractivity contribution in [2.24, 2.45) is 11.8 Å². The molecule has 5 unspecified atom stereocenters. The van der Waals surface area contributed by atoms with Crippen LogP contribution in [-0.4, -0.2) is 96.2 Å². The summed E-state index contributed by atoms with van der Waals surface area (Å²) >= 11 is 0. The number of nitrogens with zero attached hydrogens (tertiary/aromatic N) is 3. The van der Waals surface area contributed by atoms with Crippen molar-refractivity contribution in [1.82, 2.24) is 25.3 Å². The number of hydrogen-bond donors (Lipinski definition) is 2. The molecule has 5 aliphatic rings. The fourth-order valence-electron chi connectivity index (χ4n) is 6.96. The summed E-state index contributed by atoms with van der Waals surface area (Å²) in [5.41, 5.74) is 0. The average molecular weight is 436 g/mol. The smallest absolute Gasteiger partial charge is 0.320 e. The highest BCUT2D eigenvalue weighted by Gasteiger charge is 2.47. The molecule has 0 aromatic heterocycles. The van der Waals surface area contributed by atoms with E-state index in [1.807, 2.05) is 16.8 Å². The van der Waals surface area contributed by atoms with Crippen molar-refractivity contribution in [2.45, 2.75) is 88.3 Å². The van der Waals surface area contributed by atoms with Crippen molar-refractivity contribution in [3.8, 4) is 0 Å². The van der Waals surface area contributed by atoms with Crippen LogP contribution in [0.5, 0.6) is 0 Å². The van der Waals surface area contributed by atoms with Gasteiger partial charge >= 0.3 is 6.03 Å². The van der Waals surface area contributed by atoms with Crippen LogP contribution in [0.2, 0.25) is 0 Å². The third kappa shape index (κ3) is 4.06. The Balaban J connectivity index is 1.14. The molecule has 3 heterocycles. The van der Waals surface area contributed by atoms with Gasteiger partial charge in [-0.15, -0.1) is 0 Å². The van der Waals surface area contributed by atoms with Crippen molar-refractivity contribution >= 4 is 11.9 Å². The minimum Gasteiger partial charge on any atom is -0.352 e. The van der Waals surface area contributed by atoms with Crippen molar-refractivity contribution in [3.63, 3.8) is 0 Å². The second kappa shape index (κ2) is 8.50. The molecule has 31 heavy (non-hydrogen) atoms. The molecule has 3 aliphatic heterocycles. The summed E-state index contributed by atoms with van der Waals surface area (Å²) < 4.78 is 14.4. The lowest BCUT2D eigenvalue weighted by Gasteiger charge is -2.43. The number of likely N-dealkylation sites (N-methyl/N-ethyl adjacent to an activating group) is 1. The predicted octanol–water partition coefficient (Wildman–Crippen LogP) is 1.58. The van der Waals surface area contributed by atoms with Crippen LogP contribution in [0.4, 0.5) is 9.18 Å². The topological polar surface area (TPSA) is 67.9 Å². The van der Waals surface area contributed by atoms with Gasteiger partial charge in [0.25, 0.3) is 0 Å². The van der Waals surface area contributed by atoms with E-state index in [9.17, 15) is 14.0 Å². The fraction of sp³-hybridized carbons (Fsp3) is 0.913. The first-order chi connectivity index (χ1) is 14.9. The van der Waals surface area contributed by atoms with Crippen molar-refractivity contribution in [2.75, 3.05) is 33.2 Å². The van der Waals surface area contributed by atoms with Gasteiger partial charge in [-0.25, -0.2) is 9.18 Å². The van der Waals surface area contributed by atoms with Crippen molar-refractivity contribution in [3.05, 3.63) is 0 Å². The standard InChI is InChI=1S/C23H38FN5O2/c1-14-6-7-19(24)18-11-20(26-21(14)18)22(30)25-15-4-3-5-16(10-15)28-8-9-29-17(13-28)12-27(2)23(29)31/h14-21,26H,3-13H2,1-2H3,(H,25,30)/t14?,15-,16+,17-,18?,19?,20?,21?/m1/s1. The van der Waals surface area contributed by atoms with E-state index in [1.54, 1.807) is 0 Å². The van der Waals surface area contributed by atoms with Gasteiger partial charge in [0.1, 0.15) is 6.17 Å². The third-order valence-corrected chi connectivity index (χ3v) is 8.73. The summed E-state index contributed by atoms with van der Waals surface area (Å²) in [6.07, 6.45) is 5.68. The van der Waals surface area contributed by atoms with E-state index in [4.69, 9.17) is 0 Å². The number of fused-ring (bicyclic) bond motifs is 2. The van der Waals surface area contributed by atoms with Crippen LogP contribution < -0.4 is 10.6 Å². The Hall–Kier alpha value is -1.41. The normalized spacial score (nSPS) is 43.6. The van der Waals surface area contributed by atoms with Crippen LogP contribution >= 0.6 is 0 Å². The minimum absolute atomic E-state index is 0.0119. The molecule has 174 valence electrons. The molecule has 0 aromatic rings. The Morgan fingerprint density at radius 2 is 1.94 bits per heavy atom. The van der Waals surface area contributed by atoms with E-state index in [0.717, 1.165) is 58.3 Å². The van der Waals surface area contributed by atoms with E-state index in [0.29, 0.717) is 30.8 Å². The lowest BCUT2D eigenvalue weighted by Crippen LogP contribution is -2.57. The van der Waals surface area contributed by atoms with E-state index >= 15 is 0 Å². The molecule has 5 fully saturated rings.